The van der Waals surface area contributed by atoms with Crippen molar-refractivity contribution >= 4 is 11.6 Å². The van der Waals surface area contributed by atoms with Crippen molar-refractivity contribution in [1.29, 1.82) is 0 Å². The number of nitrogen functional groups attached to an aromatic ring is 1. The summed E-state index contributed by atoms with van der Waals surface area (Å²) in [5, 5.41) is 0. The minimum Gasteiger partial charge on any atom is -0.399 e. The molecular formula is C15H22N2O2. The van der Waals surface area contributed by atoms with Crippen molar-refractivity contribution in [2.24, 2.45) is 5.92 Å². The largest absolute Gasteiger partial charge is 0.399 e. The van der Waals surface area contributed by atoms with E-state index in [9.17, 15) is 4.79 Å². The fourth-order valence-electron chi connectivity index (χ4n) is 2.47. The van der Waals surface area contributed by atoms with E-state index < -0.39 is 0 Å². The van der Waals surface area contributed by atoms with Crippen LogP contribution in [-0.2, 0) is 9.53 Å². The van der Waals surface area contributed by atoms with E-state index in [1.165, 1.54) is 0 Å². The summed E-state index contributed by atoms with van der Waals surface area (Å²) in [4.78, 5) is 14.3. The molecule has 2 N–H and O–H groups in total. The summed E-state index contributed by atoms with van der Waals surface area (Å²) in [6.07, 6.45) is 1.65. The van der Waals surface area contributed by atoms with E-state index in [2.05, 4.69) is 0 Å². The van der Waals surface area contributed by atoms with Crippen LogP contribution in [0.5, 0.6) is 0 Å². The number of benzene rings is 1. The molecule has 2 rings (SSSR count). The second kappa shape index (κ2) is 6.06. The second-order valence-corrected chi connectivity index (χ2v) is 5.18. The third kappa shape index (κ3) is 3.26. The summed E-state index contributed by atoms with van der Waals surface area (Å²) in [5.41, 5.74) is 7.60. The maximum atomic E-state index is 12.4. The molecule has 0 saturated carbocycles. The quantitative estimate of drug-likeness (QED) is 0.850. The van der Waals surface area contributed by atoms with Crippen molar-refractivity contribution in [1.82, 2.24) is 4.90 Å². The summed E-state index contributed by atoms with van der Waals surface area (Å²) < 4.78 is 5.30. The van der Waals surface area contributed by atoms with Crippen LogP contribution in [0, 0.1) is 5.92 Å². The summed E-state index contributed by atoms with van der Waals surface area (Å²) in [7, 11) is 1.87. The zero-order valence-corrected chi connectivity index (χ0v) is 11.6. The van der Waals surface area contributed by atoms with E-state index in [1.54, 1.807) is 0 Å². The van der Waals surface area contributed by atoms with Crippen LogP contribution in [0.15, 0.2) is 24.3 Å². The topological polar surface area (TPSA) is 55.6 Å². The Kier molecular flexibility index (Phi) is 4.43. The highest BCUT2D eigenvalue weighted by Crippen LogP contribution is 2.25. The van der Waals surface area contributed by atoms with Gasteiger partial charge >= 0.3 is 0 Å². The molecule has 1 atom stereocenters. The molecule has 1 saturated heterocycles. The molecule has 0 aliphatic carbocycles. The highest BCUT2D eigenvalue weighted by atomic mass is 16.5. The smallest absolute Gasteiger partial charge is 0.226 e. The van der Waals surface area contributed by atoms with Gasteiger partial charge in [0, 0.05) is 31.9 Å². The van der Waals surface area contributed by atoms with Crippen LogP contribution in [-0.4, -0.2) is 31.1 Å². The molecule has 0 radical (unpaired) electrons. The molecule has 4 heteroatoms. The number of rotatable bonds is 3. The average Bonchev–Trinajstić information content (AvgIpc) is 2.46. The Labute approximate surface area is 114 Å². The van der Waals surface area contributed by atoms with E-state index in [-0.39, 0.29) is 17.9 Å². The molecule has 1 aliphatic rings. The third-order valence-electron chi connectivity index (χ3n) is 3.89. The van der Waals surface area contributed by atoms with Crippen LogP contribution in [0.4, 0.5) is 5.69 Å². The van der Waals surface area contributed by atoms with Gasteiger partial charge in [0.2, 0.25) is 5.91 Å². The lowest BCUT2D eigenvalue weighted by Gasteiger charge is -2.31. The molecular weight excluding hydrogens is 240 g/mol. The summed E-state index contributed by atoms with van der Waals surface area (Å²) >= 11 is 0. The number of nitrogens with two attached hydrogens (primary N) is 1. The van der Waals surface area contributed by atoms with Crippen LogP contribution in [0.1, 0.15) is 31.4 Å². The Bertz CT molecular complexity index is 442. The Morgan fingerprint density at radius 3 is 2.74 bits per heavy atom. The van der Waals surface area contributed by atoms with E-state index in [0.29, 0.717) is 13.2 Å². The molecule has 0 bridgehead atoms. The van der Waals surface area contributed by atoms with Crippen LogP contribution in [0.25, 0.3) is 0 Å². The summed E-state index contributed by atoms with van der Waals surface area (Å²) in [6.45, 7) is 3.42. The van der Waals surface area contributed by atoms with Crippen molar-refractivity contribution < 1.29 is 9.53 Å². The first-order valence-corrected chi connectivity index (χ1v) is 6.79. The third-order valence-corrected chi connectivity index (χ3v) is 3.89. The van der Waals surface area contributed by atoms with Gasteiger partial charge in [0.25, 0.3) is 0 Å². The van der Waals surface area contributed by atoms with E-state index >= 15 is 0 Å². The monoisotopic (exact) mass is 262 g/mol. The van der Waals surface area contributed by atoms with Gasteiger partial charge in [-0.1, -0.05) is 12.1 Å². The predicted octanol–water partition coefficient (Wildman–Crippen LogP) is 2.21. The highest BCUT2D eigenvalue weighted by molar-refractivity contribution is 5.79. The van der Waals surface area contributed by atoms with Gasteiger partial charge in [-0.3, -0.25) is 4.79 Å². The van der Waals surface area contributed by atoms with Gasteiger partial charge in [0.15, 0.2) is 0 Å². The molecule has 1 fully saturated rings. The molecule has 0 spiro atoms. The Morgan fingerprint density at radius 1 is 1.42 bits per heavy atom. The summed E-state index contributed by atoms with van der Waals surface area (Å²) in [5.74, 6) is 0.306. The first kappa shape index (κ1) is 13.9. The van der Waals surface area contributed by atoms with Crippen LogP contribution < -0.4 is 5.73 Å². The number of amides is 1. The maximum Gasteiger partial charge on any atom is 0.226 e. The number of hydrogen-bond acceptors (Lipinski definition) is 3. The number of nitrogens with zero attached hydrogens (tertiary/aromatic N) is 1. The van der Waals surface area contributed by atoms with E-state index in [4.69, 9.17) is 10.5 Å². The molecule has 1 unspecified atom stereocenters. The van der Waals surface area contributed by atoms with Gasteiger partial charge in [-0.15, -0.1) is 0 Å². The molecule has 1 aliphatic heterocycles. The molecule has 4 nitrogen and oxygen atoms in total. The lowest BCUT2D eigenvalue weighted by Crippen LogP contribution is -2.37. The van der Waals surface area contributed by atoms with E-state index in [0.717, 1.165) is 24.1 Å². The van der Waals surface area contributed by atoms with Crippen molar-refractivity contribution in [3.63, 3.8) is 0 Å². The van der Waals surface area contributed by atoms with Crippen LogP contribution >= 0.6 is 0 Å². The lowest BCUT2D eigenvalue weighted by molar-refractivity contribution is -0.139. The molecule has 1 aromatic rings. The molecule has 1 heterocycles. The number of ether oxygens (including phenoxy) is 1. The molecule has 19 heavy (non-hydrogen) atoms. The minimum absolute atomic E-state index is 0.0406. The molecule has 0 aromatic heterocycles. The zero-order chi connectivity index (χ0) is 13.8. The highest BCUT2D eigenvalue weighted by Gasteiger charge is 2.27. The first-order chi connectivity index (χ1) is 9.09. The second-order valence-electron chi connectivity index (χ2n) is 5.18. The van der Waals surface area contributed by atoms with Gasteiger partial charge in [0.05, 0.1) is 6.04 Å². The molecule has 1 aromatic carbocycles. The minimum atomic E-state index is 0.0406. The summed E-state index contributed by atoms with van der Waals surface area (Å²) in [6, 6.07) is 7.76. The van der Waals surface area contributed by atoms with Crippen LogP contribution in [0.2, 0.25) is 0 Å². The SMILES string of the molecule is CC(c1cccc(N)c1)N(C)C(=O)C1CCOCC1. The van der Waals surface area contributed by atoms with Crippen molar-refractivity contribution in [3.05, 3.63) is 29.8 Å². The van der Waals surface area contributed by atoms with Crippen molar-refractivity contribution in [2.75, 3.05) is 26.0 Å². The van der Waals surface area contributed by atoms with Crippen LogP contribution in [0.3, 0.4) is 0 Å². The fourth-order valence-corrected chi connectivity index (χ4v) is 2.47. The van der Waals surface area contributed by atoms with Gasteiger partial charge < -0.3 is 15.4 Å². The standard InChI is InChI=1S/C15H22N2O2/c1-11(13-4-3-5-14(16)10-13)17(2)15(18)12-6-8-19-9-7-12/h3-5,10-12H,6-9,16H2,1-2H3. The van der Waals surface area contributed by atoms with Crippen molar-refractivity contribution in [3.8, 4) is 0 Å². The Hall–Kier alpha value is -1.55. The maximum absolute atomic E-state index is 12.4. The first-order valence-electron chi connectivity index (χ1n) is 6.79. The zero-order valence-electron chi connectivity index (χ0n) is 11.6. The van der Waals surface area contributed by atoms with Crippen molar-refractivity contribution in [2.45, 2.75) is 25.8 Å². The number of carbonyl (C=O) groups is 1. The molecule has 1 amide bonds. The Balaban J connectivity index is 2.05. The van der Waals surface area contributed by atoms with Gasteiger partial charge in [-0.05, 0) is 37.5 Å². The van der Waals surface area contributed by atoms with Gasteiger partial charge in [-0.25, -0.2) is 0 Å². The van der Waals surface area contributed by atoms with Gasteiger partial charge in [0.1, 0.15) is 0 Å². The average molecular weight is 262 g/mol. The predicted molar refractivity (Wildman–Crippen MR) is 75.6 cm³/mol. The fraction of sp³-hybridized carbons (Fsp3) is 0.533. The number of anilines is 1. The number of hydrogen-bond donors (Lipinski definition) is 1. The van der Waals surface area contributed by atoms with E-state index in [1.807, 2.05) is 43.1 Å². The normalized spacial score (nSPS) is 18.0. The molecule has 104 valence electrons. The van der Waals surface area contributed by atoms with Gasteiger partial charge in [-0.2, -0.15) is 0 Å². The Morgan fingerprint density at radius 2 is 2.11 bits per heavy atom. The number of carbonyl (C=O) groups excluding carboxylic acids is 1. The lowest BCUT2D eigenvalue weighted by atomic mass is 9.97.